The molecule has 1 atom stereocenters. The lowest BCUT2D eigenvalue weighted by Crippen LogP contribution is -2.43. The molecule has 4 nitrogen and oxygen atoms in total. The lowest BCUT2D eigenvalue weighted by molar-refractivity contribution is -0.137. The second-order valence-electron chi connectivity index (χ2n) is 8.43. The molecule has 0 unspecified atom stereocenters. The predicted molar refractivity (Wildman–Crippen MR) is 109 cm³/mol. The molecule has 0 aliphatic carbocycles. The van der Waals surface area contributed by atoms with Gasteiger partial charge in [-0.1, -0.05) is 39.0 Å². The summed E-state index contributed by atoms with van der Waals surface area (Å²) in [6.07, 6.45) is -2.91. The van der Waals surface area contributed by atoms with Crippen molar-refractivity contribution in [1.82, 2.24) is 10.3 Å². The summed E-state index contributed by atoms with van der Waals surface area (Å²) < 4.78 is 44.9. The number of hydrogen-bond donors (Lipinski definition) is 1. The van der Waals surface area contributed by atoms with Crippen LogP contribution in [-0.4, -0.2) is 25.8 Å². The molecule has 0 saturated carbocycles. The number of amides is 1. The van der Waals surface area contributed by atoms with Crippen LogP contribution in [0, 0.1) is 0 Å². The maximum absolute atomic E-state index is 12.9. The highest BCUT2D eigenvalue weighted by atomic mass is 28.4. The molecule has 1 amide bonds. The largest absolute Gasteiger partial charge is 0.416 e. The first-order valence-electron chi connectivity index (χ1n) is 9.34. The standard InChI is InChI=1S/C21H27F3N2O2Si/c1-20(2,3)29(4,5)28-14-18(26-19(27)17-8-6-7-13-25-17)15-9-11-16(12-10-15)21(22,23)24/h6-13,18H,14H2,1-5H3,(H,26,27)/t18-/m0/s1. The summed E-state index contributed by atoms with van der Waals surface area (Å²) in [5.41, 5.74) is 0.0408. The van der Waals surface area contributed by atoms with Crippen molar-refractivity contribution in [3.8, 4) is 0 Å². The molecule has 158 valence electrons. The van der Waals surface area contributed by atoms with Crippen molar-refractivity contribution in [3.63, 3.8) is 0 Å². The fraction of sp³-hybridized carbons (Fsp3) is 0.429. The molecule has 0 radical (unpaired) electrons. The molecule has 0 fully saturated rings. The smallest absolute Gasteiger partial charge is 0.414 e. The Morgan fingerprint density at radius 3 is 2.21 bits per heavy atom. The Hall–Kier alpha value is -2.19. The third-order valence-corrected chi connectivity index (χ3v) is 9.76. The van der Waals surface area contributed by atoms with E-state index < -0.39 is 32.0 Å². The van der Waals surface area contributed by atoms with E-state index >= 15 is 0 Å². The number of carbonyl (C=O) groups excluding carboxylic acids is 1. The van der Waals surface area contributed by atoms with Crippen LogP contribution in [0.5, 0.6) is 0 Å². The minimum absolute atomic E-state index is 0.0390. The van der Waals surface area contributed by atoms with E-state index in [1.54, 1.807) is 18.2 Å². The summed E-state index contributed by atoms with van der Waals surface area (Å²) in [4.78, 5) is 16.6. The van der Waals surface area contributed by atoms with Gasteiger partial charge in [0.15, 0.2) is 8.32 Å². The number of nitrogens with zero attached hydrogens (tertiary/aromatic N) is 1. The van der Waals surface area contributed by atoms with E-state index in [1.165, 1.54) is 18.3 Å². The fourth-order valence-corrected chi connectivity index (χ4v) is 3.38. The van der Waals surface area contributed by atoms with Gasteiger partial charge < -0.3 is 9.74 Å². The zero-order chi connectivity index (χ0) is 21.9. The van der Waals surface area contributed by atoms with Gasteiger partial charge in [0.25, 0.3) is 5.91 Å². The molecule has 0 aliphatic rings. The summed E-state index contributed by atoms with van der Waals surface area (Å²) in [6.45, 7) is 10.6. The maximum atomic E-state index is 12.9. The number of benzene rings is 1. The van der Waals surface area contributed by atoms with E-state index in [1.807, 2.05) is 0 Å². The van der Waals surface area contributed by atoms with Crippen LogP contribution in [0.4, 0.5) is 13.2 Å². The van der Waals surface area contributed by atoms with E-state index in [0.717, 1.165) is 12.1 Å². The van der Waals surface area contributed by atoms with E-state index in [2.05, 4.69) is 44.2 Å². The van der Waals surface area contributed by atoms with Crippen molar-refractivity contribution >= 4 is 14.2 Å². The number of hydrogen-bond acceptors (Lipinski definition) is 3. The van der Waals surface area contributed by atoms with Gasteiger partial charge in [0.2, 0.25) is 0 Å². The van der Waals surface area contributed by atoms with Gasteiger partial charge in [0, 0.05) is 6.20 Å². The lowest BCUT2D eigenvalue weighted by atomic mass is 10.0. The third kappa shape index (κ3) is 6.14. The lowest BCUT2D eigenvalue weighted by Gasteiger charge is -2.37. The van der Waals surface area contributed by atoms with Crippen molar-refractivity contribution in [1.29, 1.82) is 0 Å². The van der Waals surface area contributed by atoms with Gasteiger partial charge in [-0.15, -0.1) is 0 Å². The fourth-order valence-electron chi connectivity index (χ4n) is 2.36. The molecule has 8 heteroatoms. The Morgan fingerprint density at radius 2 is 1.72 bits per heavy atom. The zero-order valence-electron chi connectivity index (χ0n) is 17.3. The van der Waals surface area contributed by atoms with Gasteiger partial charge >= 0.3 is 6.18 Å². The Morgan fingerprint density at radius 1 is 1.10 bits per heavy atom. The number of alkyl halides is 3. The quantitative estimate of drug-likeness (QED) is 0.615. The van der Waals surface area contributed by atoms with Gasteiger partial charge in [-0.2, -0.15) is 13.2 Å². The van der Waals surface area contributed by atoms with E-state index in [-0.39, 0.29) is 17.3 Å². The topological polar surface area (TPSA) is 51.2 Å². The third-order valence-electron chi connectivity index (χ3n) is 5.26. The summed E-state index contributed by atoms with van der Waals surface area (Å²) in [7, 11) is -2.12. The maximum Gasteiger partial charge on any atom is 0.416 e. The summed E-state index contributed by atoms with van der Waals surface area (Å²) in [5.74, 6) is -0.408. The molecule has 0 saturated heterocycles. The average molecular weight is 425 g/mol. The van der Waals surface area contributed by atoms with Gasteiger partial charge in [-0.3, -0.25) is 9.78 Å². The summed E-state index contributed by atoms with van der Waals surface area (Å²) >= 11 is 0. The van der Waals surface area contributed by atoms with Crippen LogP contribution >= 0.6 is 0 Å². The molecule has 1 N–H and O–H groups in total. The van der Waals surface area contributed by atoms with Crippen LogP contribution in [-0.2, 0) is 10.6 Å². The van der Waals surface area contributed by atoms with E-state index in [9.17, 15) is 18.0 Å². The predicted octanol–water partition coefficient (Wildman–Crippen LogP) is 5.59. The molecular weight excluding hydrogens is 397 g/mol. The number of aromatic nitrogens is 1. The van der Waals surface area contributed by atoms with E-state index in [4.69, 9.17) is 4.43 Å². The molecule has 29 heavy (non-hydrogen) atoms. The normalized spacial score (nSPS) is 13.8. The number of carbonyl (C=O) groups is 1. The van der Waals surface area contributed by atoms with Crippen LogP contribution in [0.1, 0.15) is 48.4 Å². The van der Waals surface area contributed by atoms with Crippen LogP contribution < -0.4 is 5.32 Å². The number of nitrogens with one attached hydrogen (secondary N) is 1. The minimum Gasteiger partial charge on any atom is -0.414 e. The molecule has 2 rings (SSSR count). The first-order valence-corrected chi connectivity index (χ1v) is 12.2. The first-order chi connectivity index (χ1) is 13.3. The van der Waals surface area contributed by atoms with Gasteiger partial charge in [0.05, 0.1) is 18.2 Å². The zero-order valence-corrected chi connectivity index (χ0v) is 18.3. The molecule has 1 aromatic heterocycles. The molecule has 1 heterocycles. The Balaban J connectivity index is 2.26. The van der Waals surface area contributed by atoms with Crippen molar-refractivity contribution < 1.29 is 22.4 Å². The van der Waals surface area contributed by atoms with Gasteiger partial charge in [-0.05, 0) is 48.0 Å². The number of rotatable bonds is 6. The highest BCUT2D eigenvalue weighted by molar-refractivity contribution is 6.74. The summed E-state index contributed by atoms with van der Waals surface area (Å²) in [5, 5.41) is 2.81. The van der Waals surface area contributed by atoms with E-state index in [0.29, 0.717) is 5.56 Å². The Bertz CT molecular complexity index is 817. The first kappa shape index (κ1) is 23.1. The van der Waals surface area contributed by atoms with Crippen molar-refractivity contribution in [2.24, 2.45) is 0 Å². The molecule has 0 bridgehead atoms. The van der Waals surface area contributed by atoms with Gasteiger partial charge in [-0.25, -0.2) is 0 Å². The van der Waals surface area contributed by atoms with Crippen molar-refractivity contribution in [3.05, 3.63) is 65.5 Å². The Kier molecular flexibility index (Phi) is 6.90. The number of pyridine rings is 1. The Labute approximate surface area is 170 Å². The van der Waals surface area contributed by atoms with Crippen LogP contribution in [0.2, 0.25) is 18.1 Å². The second-order valence-corrected chi connectivity index (χ2v) is 13.2. The SMILES string of the molecule is CC(C)(C)[Si](C)(C)OC[C@H](NC(=O)c1ccccn1)c1ccc(C(F)(F)F)cc1. The van der Waals surface area contributed by atoms with Gasteiger partial charge in [0.1, 0.15) is 5.69 Å². The highest BCUT2D eigenvalue weighted by Crippen LogP contribution is 2.37. The highest BCUT2D eigenvalue weighted by Gasteiger charge is 2.38. The average Bonchev–Trinajstić information content (AvgIpc) is 2.64. The van der Waals surface area contributed by atoms with Crippen molar-refractivity contribution in [2.75, 3.05) is 6.61 Å². The summed E-state index contributed by atoms with van der Waals surface area (Å²) in [6, 6.07) is 9.16. The molecular formula is C21H27F3N2O2Si. The molecule has 1 aromatic carbocycles. The minimum atomic E-state index is -4.41. The van der Waals surface area contributed by atoms with Crippen LogP contribution in [0.25, 0.3) is 0 Å². The second kappa shape index (κ2) is 8.67. The van der Waals surface area contributed by atoms with Crippen LogP contribution in [0.15, 0.2) is 48.7 Å². The monoisotopic (exact) mass is 424 g/mol. The number of halogens is 3. The molecule has 0 aliphatic heterocycles. The molecule has 2 aromatic rings. The van der Waals surface area contributed by atoms with Crippen molar-refractivity contribution in [2.45, 2.75) is 51.1 Å². The van der Waals surface area contributed by atoms with Crippen LogP contribution in [0.3, 0.4) is 0 Å². The molecule has 0 spiro atoms.